The van der Waals surface area contributed by atoms with E-state index in [4.69, 9.17) is 16.6 Å². The highest BCUT2D eigenvalue weighted by Gasteiger charge is 2.30. The molecule has 0 saturated carbocycles. The van der Waals surface area contributed by atoms with E-state index in [-0.39, 0.29) is 23.5 Å². The van der Waals surface area contributed by atoms with Crippen molar-refractivity contribution in [1.82, 2.24) is 15.6 Å². The molecule has 4 rings (SSSR count). The predicted octanol–water partition coefficient (Wildman–Crippen LogP) is 4.01. The molecule has 1 aliphatic heterocycles. The van der Waals surface area contributed by atoms with Crippen LogP contribution >= 0.6 is 22.9 Å². The molecule has 2 atom stereocenters. The lowest BCUT2D eigenvalue weighted by molar-refractivity contribution is 0.0922. The Balaban J connectivity index is 1.57. The van der Waals surface area contributed by atoms with Crippen LogP contribution in [0.3, 0.4) is 0 Å². The van der Waals surface area contributed by atoms with Gasteiger partial charge in [-0.15, -0.1) is 22.9 Å². The first-order chi connectivity index (χ1) is 14.1. The van der Waals surface area contributed by atoms with Gasteiger partial charge in [0.25, 0.3) is 5.91 Å². The number of nitrogens with one attached hydrogen (secondary N) is 2. The highest BCUT2D eigenvalue weighted by Crippen LogP contribution is 2.27. The monoisotopic (exact) mass is 424 g/mol. The van der Waals surface area contributed by atoms with Crippen LogP contribution in [0.15, 0.2) is 71.9 Å². The predicted molar refractivity (Wildman–Crippen MR) is 118 cm³/mol. The highest BCUT2D eigenvalue weighted by molar-refractivity contribution is 7.15. The summed E-state index contributed by atoms with van der Waals surface area (Å²) in [6, 6.07) is 20.2. The summed E-state index contributed by atoms with van der Waals surface area (Å²) in [5, 5.41) is 6.67. The number of aromatic nitrogens is 1. The Bertz CT molecular complexity index is 966. The second-order valence-corrected chi connectivity index (χ2v) is 8.36. The Morgan fingerprint density at radius 2 is 1.79 bits per heavy atom. The number of benzene rings is 2. The average Bonchev–Trinajstić information content (AvgIpc) is 3.26. The molecule has 148 valence electrons. The van der Waals surface area contributed by atoms with Crippen molar-refractivity contribution in [3.8, 4) is 0 Å². The first-order valence-corrected chi connectivity index (χ1v) is 10.7. The van der Waals surface area contributed by atoms with Crippen LogP contribution in [-0.4, -0.2) is 34.7 Å². The van der Waals surface area contributed by atoms with Gasteiger partial charge in [0, 0.05) is 6.54 Å². The maximum atomic E-state index is 12.4. The molecule has 29 heavy (non-hydrogen) atoms. The summed E-state index contributed by atoms with van der Waals surface area (Å²) >= 11 is 7.36. The number of alkyl halides is 1. The molecule has 5 nitrogen and oxygen atoms in total. The van der Waals surface area contributed by atoms with Gasteiger partial charge in [-0.25, -0.2) is 4.98 Å². The molecule has 3 aromatic rings. The summed E-state index contributed by atoms with van der Waals surface area (Å²) in [6.45, 7) is 2.62. The molecule has 1 fully saturated rings. The Hall–Kier alpha value is -2.54. The maximum Gasteiger partial charge on any atom is 0.263 e. The van der Waals surface area contributed by atoms with Crippen LogP contribution in [0.2, 0.25) is 0 Å². The molecule has 1 amide bonds. The van der Waals surface area contributed by atoms with Crippen molar-refractivity contribution in [1.29, 1.82) is 0 Å². The zero-order valence-corrected chi connectivity index (χ0v) is 17.5. The molecule has 0 radical (unpaired) electrons. The number of nitrogens with zero attached hydrogens (tertiary/aromatic N) is 2. The Morgan fingerprint density at radius 1 is 1.17 bits per heavy atom. The molecule has 2 N–H and O–H groups in total. The molecule has 2 heterocycles. The van der Waals surface area contributed by atoms with E-state index in [1.165, 1.54) is 11.3 Å². The molecular formula is C22H21ClN4OS. The minimum Gasteiger partial charge on any atom is -0.344 e. The van der Waals surface area contributed by atoms with Crippen molar-refractivity contribution in [2.24, 2.45) is 4.99 Å². The number of carbonyl (C=O) groups excluding carboxylic acids is 1. The smallest absolute Gasteiger partial charge is 0.263 e. The minimum absolute atomic E-state index is 0.0509. The molecule has 0 aliphatic carbocycles. The van der Waals surface area contributed by atoms with Crippen LogP contribution in [0.1, 0.15) is 38.8 Å². The van der Waals surface area contributed by atoms with E-state index in [2.05, 4.69) is 39.9 Å². The fourth-order valence-corrected chi connectivity index (χ4v) is 4.11. The highest BCUT2D eigenvalue weighted by atomic mass is 35.5. The molecule has 0 bridgehead atoms. The first-order valence-electron chi connectivity index (χ1n) is 9.40. The fraction of sp³-hybridized carbons (Fsp3) is 0.227. The van der Waals surface area contributed by atoms with Crippen LogP contribution in [0.25, 0.3) is 0 Å². The van der Waals surface area contributed by atoms with Gasteiger partial charge >= 0.3 is 0 Å². The van der Waals surface area contributed by atoms with Crippen molar-refractivity contribution in [2.75, 3.05) is 6.54 Å². The van der Waals surface area contributed by atoms with Gasteiger partial charge in [-0.2, -0.15) is 0 Å². The summed E-state index contributed by atoms with van der Waals surface area (Å²) in [5.74, 6) is -0.152. The van der Waals surface area contributed by atoms with Gasteiger partial charge in [-0.1, -0.05) is 60.7 Å². The summed E-state index contributed by atoms with van der Waals surface area (Å²) in [5.41, 5.74) is 2.80. The Morgan fingerprint density at radius 3 is 2.31 bits per heavy atom. The number of hydrogen-bond donors (Lipinski definition) is 2. The van der Waals surface area contributed by atoms with Crippen LogP contribution in [0, 0.1) is 0 Å². The third kappa shape index (κ3) is 4.56. The van der Waals surface area contributed by atoms with Gasteiger partial charge in [-0.3, -0.25) is 15.1 Å². The van der Waals surface area contributed by atoms with Gasteiger partial charge in [0.05, 0.1) is 18.0 Å². The minimum atomic E-state index is -0.216. The fourth-order valence-electron chi connectivity index (χ4n) is 3.10. The van der Waals surface area contributed by atoms with Gasteiger partial charge < -0.3 is 5.32 Å². The quantitative estimate of drug-likeness (QED) is 0.357. The van der Waals surface area contributed by atoms with E-state index in [9.17, 15) is 4.79 Å². The number of rotatable bonds is 6. The number of halogens is 1. The first kappa shape index (κ1) is 19.8. The van der Waals surface area contributed by atoms with E-state index in [0.717, 1.165) is 21.8 Å². The van der Waals surface area contributed by atoms with Crippen LogP contribution in [0.5, 0.6) is 0 Å². The lowest BCUT2D eigenvalue weighted by atomic mass is 9.99. The standard InChI is InChI=1S/C22H21ClN4OS/c1-14(22-25-13-18(29-22)21(28)27-17-12-24-20(17)23)26-19(15-8-4-2-5-9-15)16-10-6-3-7-11-16/h2-11,13,17,19-20,24H,12H2,1H3,(H,27,28)/b26-14+/t17?,20-/m0/s1. The van der Waals surface area contributed by atoms with Crippen LogP contribution < -0.4 is 10.6 Å². The lowest BCUT2D eigenvalue weighted by Crippen LogP contribution is -2.62. The molecule has 1 aliphatic rings. The number of thiazole rings is 1. The summed E-state index contributed by atoms with van der Waals surface area (Å²) in [7, 11) is 0. The molecule has 7 heteroatoms. The second kappa shape index (κ2) is 8.86. The normalized spacial score (nSPS) is 19.1. The number of carbonyl (C=O) groups is 1. The molecule has 1 saturated heterocycles. The zero-order valence-electron chi connectivity index (χ0n) is 15.9. The van der Waals surface area contributed by atoms with E-state index >= 15 is 0 Å². The van der Waals surface area contributed by atoms with Crippen molar-refractivity contribution in [3.63, 3.8) is 0 Å². The Kier molecular flexibility index (Phi) is 6.04. The third-order valence-corrected chi connectivity index (χ3v) is 6.36. The van der Waals surface area contributed by atoms with Gasteiger partial charge in [-0.05, 0) is 18.1 Å². The van der Waals surface area contributed by atoms with E-state index in [1.54, 1.807) is 6.20 Å². The molecule has 1 aromatic heterocycles. The SMILES string of the molecule is C/C(=N\C(c1ccccc1)c1ccccc1)c1ncc(C(=O)NC2CN[C@@H]2Cl)s1. The molecule has 2 aromatic carbocycles. The van der Waals surface area contributed by atoms with Crippen LogP contribution in [0.4, 0.5) is 0 Å². The summed E-state index contributed by atoms with van der Waals surface area (Å²) in [4.78, 5) is 22.4. The topological polar surface area (TPSA) is 66.4 Å². The lowest BCUT2D eigenvalue weighted by Gasteiger charge is -2.33. The number of hydrogen-bond acceptors (Lipinski definition) is 5. The summed E-state index contributed by atoms with van der Waals surface area (Å²) in [6.07, 6.45) is 1.60. The largest absolute Gasteiger partial charge is 0.344 e. The van der Waals surface area contributed by atoms with Crippen LogP contribution in [-0.2, 0) is 0 Å². The van der Waals surface area contributed by atoms with E-state index < -0.39 is 0 Å². The summed E-state index contributed by atoms with van der Waals surface area (Å²) < 4.78 is 0. The second-order valence-electron chi connectivity index (χ2n) is 6.86. The van der Waals surface area contributed by atoms with Gasteiger partial charge in [0.1, 0.15) is 21.4 Å². The van der Waals surface area contributed by atoms with Gasteiger partial charge in [0.15, 0.2) is 0 Å². The molecule has 1 unspecified atom stereocenters. The molecule has 0 spiro atoms. The zero-order chi connectivity index (χ0) is 20.2. The van der Waals surface area contributed by atoms with Crippen molar-refractivity contribution in [2.45, 2.75) is 24.5 Å². The van der Waals surface area contributed by atoms with Crippen molar-refractivity contribution in [3.05, 3.63) is 87.9 Å². The average molecular weight is 425 g/mol. The molecular weight excluding hydrogens is 404 g/mol. The van der Waals surface area contributed by atoms with Gasteiger partial charge in [0.2, 0.25) is 0 Å². The van der Waals surface area contributed by atoms with Crippen molar-refractivity contribution < 1.29 is 4.79 Å². The van der Waals surface area contributed by atoms with Crippen molar-refractivity contribution >= 4 is 34.6 Å². The number of amides is 1. The number of aliphatic imine (C=N–C) groups is 1. The Labute approximate surface area is 178 Å². The third-order valence-electron chi connectivity index (χ3n) is 4.79. The maximum absolute atomic E-state index is 12.4. The van der Waals surface area contributed by atoms with E-state index in [0.29, 0.717) is 11.4 Å². The van der Waals surface area contributed by atoms with E-state index in [1.807, 2.05) is 43.3 Å².